The number of fused-ring (bicyclic) bond motifs is 1. The van der Waals surface area contributed by atoms with Crippen LogP contribution in [0, 0.1) is 18.3 Å². The number of hydrogen-bond donors (Lipinski definition) is 1. The molecule has 0 radical (unpaired) electrons. The van der Waals surface area contributed by atoms with Crippen LogP contribution in [0.1, 0.15) is 22.7 Å². The number of para-hydroxylation sites is 2. The average molecular weight is 401 g/mol. The molecule has 0 bridgehead atoms. The quantitative estimate of drug-likeness (QED) is 0.657. The minimum Gasteiger partial charge on any atom is -0.460 e. The number of ether oxygens (including phenoxy) is 1. The van der Waals surface area contributed by atoms with Crippen molar-refractivity contribution < 1.29 is 9.53 Å². The van der Waals surface area contributed by atoms with Crippen LogP contribution in [-0.2, 0) is 16.1 Å². The van der Waals surface area contributed by atoms with Crippen molar-refractivity contribution in [2.24, 2.45) is 0 Å². The molecule has 7 nitrogen and oxygen atoms in total. The molecule has 1 N–H and O–H groups in total. The summed E-state index contributed by atoms with van der Waals surface area (Å²) in [7, 11) is 0. The lowest BCUT2D eigenvalue weighted by Gasteiger charge is -2.30. The van der Waals surface area contributed by atoms with Gasteiger partial charge in [0.25, 0.3) is 0 Å². The Morgan fingerprint density at radius 2 is 1.80 bits per heavy atom. The van der Waals surface area contributed by atoms with Crippen LogP contribution in [0.5, 0.6) is 0 Å². The molecule has 1 unspecified atom stereocenters. The fourth-order valence-corrected chi connectivity index (χ4v) is 3.45. The Kier molecular flexibility index (Phi) is 5.87. The van der Waals surface area contributed by atoms with E-state index >= 15 is 0 Å². The van der Waals surface area contributed by atoms with Gasteiger partial charge in [0.1, 0.15) is 12.3 Å². The maximum absolute atomic E-state index is 12.8. The molecule has 1 saturated heterocycles. The van der Waals surface area contributed by atoms with E-state index in [1.807, 2.05) is 55.5 Å². The van der Waals surface area contributed by atoms with Gasteiger partial charge in [-0.1, -0.05) is 42.0 Å². The number of nitrogens with one attached hydrogen (secondary N) is 1. The minimum atomic E-state index is -1.14. The van der Waals surface area contributed by atoms with E-state index in [4.69, 9.17) is 9.72 Å². The van der Waals surface area contributed by atoms with Gasteiger partial charge in [0.15, 0.2) is 11.7 Å². The second-order valence-electron chi connectivity index (χ2n) is 7.31. The number of piperazine rings is 1. The average Bonchev–Trinajstić information content (AvgIpc) is 2.79. The van der Waals surface area contributed by atoms with Gasteiger partial charge in [0, 0.05) is 26.2 Å². The van der Waals surface area contributed by atoms with Crippen molar-refractivity contribution in [3.8, 4) is 6.07 Å². The van der Waals surface area contributed by atoms with Crippen LogP contribution < -0.4 is 10.2 Å². The van der Waals surface area contributed by atoms with Gasteiger partial charge in [-0.25, -0.2) is 9.97 Å². The Labute approximate surface area is 175 Å². The lowest BCUT2D eigenvalue weighted by Crippen LogP contribution is -2.44. The molecular weight excluding hydrogens is 378 g/mol. The number of nitrogens with zero attached hydrogens (tertiary/aromatic N) is 4. The summed E-state index contributed by atoms with van der Waals surface area (Å²) in [4.78, 5) is 24.3. The smallest absolute Gasteiger partial charge is 0.330 e. The van der Waals surface area contributed by atoms with E-state index in [0.29, 0.717) is 17.0 Å². The summed E-state index contributed by atoms with van der Waals surface area (Å²) in [5.74, 6) is -1.18. The van der Waals surface area contributed by atoms with Gasteiger partial charge in [0.2, 0.25) is 0 Å². The number of hydrogen-bond acceptors (Lipinski definition) is 7. The second kappa shape index (κ2) is 8.89. The first-order chi connectivity index (χ1) is 14.7. The number of aryl methyl sites for hydroxylation is 1. The highest BCUT2D eigenvalue weighted by Crippen LogP contribution is 2.28. The molecule has 2 aromatic carbocycles. The number of nitriles is 1. The van der Waals surface area contributed by atoms with E-state index in [0.717, 1.165) is 42.8 Å². The fraction of sp³-hybridized carbons (Fsp3) is 0.304. The molecule has 0 saturated carbocycles. The van der Waals surface area contributed by atoms with Crippen molar-refractivity contribution in [1.29, 1.82) is 5.26 Å². The molecule has 1 aliphatic rings. The first-order valence-corrected chi connectivity index (χ1v) is 10.00. The number of anilines is 1. The topological polar surface area (TPSA) is 91.1 Å². The zero-order valence-electron chi connectivity index (χ0n) is 16.8. The Hall–Kier alpha value is -3.50. The van der Waals surface area contributed by atoms with Crippen LogP contribution in [0.4, 0.5) is 5.82 Å². The van der Waals surface area contributed by atoms with E-state index < -0.39 is 11.9 Å². The number of rotatable bonds is 5. The van der Waals surface area contributed by atoms with Crippen LogP contribution in [0.15, 0.2) is 48.5 Å². The Balaban J connectivity index is 1.64. The number of carbonyl (C=O) groups is 1. The Morgan fingerprint density at radius 3 is 2.47 bits per heavy atom. The summed E-state index contributed by atoms with van der Waals surface area (Å²) in [5, 5.41) is 13.1. The zero-order valence-corrected chi connectivity index (χ0v) is 16.8. The van der Waals surface area contributed by atoms with Crippen LogP contribution in [0.25, 0.3) is 11.0 Å². The Morgan fingerprint density at radius 1 is 1.13 bits per heavy atom. The van der Waals surface area contributed by atoms with Gasteiger partial charge in [-0.15, -0.1) is 0 Å². The van der Waals surface area contributed by atoms with Crippen LogP contribution >= 0.6 is 0 Å². The third-order valence-electron chi connectivity index (χ3n) is 5.13. The molecule has 4 rings (SSSR count). The molecule has 0 amide bonds. The Bertz CT molecular complexity index is 1080. The summed E-state index contributed by atoms with van der Waals surface area (Å²) in [6, 6.07) is 17.3. The predicted molar refractivity (Wildman–Crippen MR) is 114 cm³/mol. The lowest BCUT2D eigenvalue weighted by atomic mass is 10.1. The first-order valence-electron chi connectivity index (χ1n) is 10.00. The summed E-state index contributed by atoms with van der Waals surface area (Å²) in [5.41, 5.74) is 3.74. The van der Waals surface area contributed by atoms with Crippen molar-refractivity contribution in [1.82, 2.24) is 15.3 Å². The van der Waals surface area contributed by atoms with Crippen molar-refractivity contribution >= 4 is 22.8 Å². The number of aromatic nitrogens is 2. The number of carbonyl (C=O) groups excluding carboxylic acids is 1. The minimum absolute atomic E-state index is 0.112. The highest BCUT2D eigenvalue weighted by Gasteiger charge is 2.30. The van der Waals surface area contributed by atoms with Crippen LogP contribution in [0.2, 0.25) is 0 Å². The lowest BCUT2D eigenvalue weighted by molar-refractivity contribution is -0.145. The molecule has 2 heterocycles. The SMILES string of the molecule is Cc1ccc(COC(=O)C(C#N)c2nc3ccccc3nc2N2CCNCC2)cc1. The molecule has 1 fully saturated rings. The van der Waals surface area contributed by atoms with Gasteiger partial charge >= 0.3 is 5.97 Å². The van der Waals surface area contributed by atoms with Crippen molar-refractivity contribution in [2.45, 2.75) is 19.4 Å². The first kappa shape index (κ1) is 19.8. The third kappa shape index (κ3) is 4.24. The molecule has 0 aliphatic carbocycles. The number of esters is 1. The second-order valence-corrected chi connectivity index (χ2v) is 7.31. The molecule has 1 aliphatic heterocycles. The highest BCUT2D eigenvalue weighted by molar-refractivity contribution is 5.85. The summed E-state index contributed by atoms with van der Waals surface area (Å²) in [6.45, 7) is 5.19. The fourth-order valence-electron chi connectivity index (χ4n) is 3.45. The molecule has 152 valence electrons. The zero-order chi connectivity index (χ0) is 20.9. The monoisotopic (exact) mass is 401 g/mol. The summed E-state index contributed by atoms with van der Waals surface area (Å²) < 4.78 is 5.47. The van der Waals surface area contributed by atoms with E-state index in [-0.39, 0.29) is 6.61 Å². The van der Waals surface area contributed by atoms with Crippen LogP contribution in [0.3, 0.4) is 0 Å². The van der Waals surface area contributed by atoms with E-state index in [2.05, 4.69) is 21.3 Å². The van der Waals surface area contributed by atoms with E-state index in [1.54, 1.807) is 0 Å². The molecular formula is C23H23N5O2. The standard InChI is InChI=1S/C23H23N5O2/c1-16-6-8-17(9-7-16)15-30-23(29)18(14-24)21-22(28-12-10-25-11-13-28)27-20-5-3-2-4-19(20)26-21/h2-9,18,25H,10-13,15H2,1H3. The third-order valence-corrected chi connectivity index (χ3v) is 5.13. The molecule has 7 heteroatoms. The molecule has 1 aromatic heterocycles. The van der Waals surface area contributed by atoms with Gasteiger partial charge in [-0.05, 0) is 24.6 Å². The van der Waals surface area contributed by atoms with Crippen molar-refractivity contribution in [2.75, 3.05) is 31.1 Å². The van der Waals surface area contributed by atoms with Crippen LogP contribution in [-0.4, -0.2) is 42.1 Å². The van der Waals surface area contributed by atoms with Crippen molar-refractivity contribution in [3.05, 3.63) is 65.4 Å². The maximum atomic E-state index is 12.8. The molecule has 3 aromatic rings. The van der Waals surface area contributed by atoms with Gasteiger partial charge < -0.3 is 15.0 Å². The van der Waals surface area contributed by atoms with Gasteiger partial charge in [-0.2, -0.15) is 5.26 Å². The van der Waals surface area contributed by atoms with Gasteiger partial charge in [-0.3, -0.25) is 4.79 Å². The normalized spacial score (nSPS) is 14.9. The van der Waals surface area contributed by atoms with Gasteiger partial charge in [0.05, 0.1) is 17.1 Å². The summed E-state index contributed by atoms with van der Waals surface area (Å²) >= 11 is 0. The van der Waals surface area contributed by atoms with E-state index in [1.165, 1.54) is 0 Å². The molecule has 30 heavy (non-hydrogen) atoms. The van der Waals surface area contributed by atoms with E-state index in [9.17, 15) is 10.1 Å². The molecule has 0 spiro atoms. The largest absolute Gasteiger partial charge is 0.460 e. The van der Waals surface area contributed by atoms with Crippen molar-refractivity contribution in [3.63, 3.8) is 0 Å². The maximum Gasteiger partial charge on any atom is 0.330 e. The number of benzene rings is 2. The molecule has 1 atom stereocenters. The predicted octanol–water partition coefficient (Wildman–Crippen LogP) is 2.70. The highest BCUT2D eigenvalue weighted by atomic mass is 16.5. The summed E-state index contributed by atoms with van der Waals surface area (Å²) in [6.07, 6.45) is 0.